The number of thioether (sulfide) groups is 1. The number of hydrogen-bond acceptors (Lipinski definition) is 6. The van der Waals surface area contributed by atoms with E-state index >= 15 is 0 Å². The Balaban J connectivity index is 1.70. The van der Waals surface area contributed by atoms with Crippen LogP contribution >= 0.6 is 11.8 Å². The number of rotatable bonds is 6. The molecule has 1 atom stereocenters. The average Bonchev–Trinajstić information content (AvgIpc) is 2.96. The Kier molecular flexibility index (Phi) is 6.18. The molecular formula is C20H19N3O5S. The molecule has 3 rings (SSSR count). The van der Waals surface area contributed by atoms with Gasteiger partial charge in [0.25, 0.3) is 0 Å². The molecule has 8 nitrogen and oxygen atoms in total. The molecule has 1 heterocycles. The number of nitrogens with one attached hydrogen (secondary N) is 1. The Morgan fingerprint density at radius 3 is 2.72 bits per heavy atom. The third-order valence-electron chi connectivity index (χ3n) is 4.21. The van der Waals surface area contributed by atoms with Crippen LogP contribution in [0.4, 0.5) is 11.4 Å². The lowest BCUT2D eigenvalue weighted by atomic mass is 10.2. The summed E-state index contributed by atoms with van der Waals surface area (Å²) >= 11 is 1.20. The van der Waals surface area contributed by atoms with Gasteiger partial charge in [0, 0.05) is 19.2 Å². The highest BCUT2D eigenvalue weighted by Crippen LogP contribution is 2.33. The highest BCUT2D eigenvalue weighted by atomic mass is 32.2. The van der Waals surface area contributed by atoms with Crippen molar-refractivity contribution in [2.24, 2.45) is 4.99 Å². The van der Waals surface area contributed by atoms with E-state index in [1.807, 2.05) is 12.1 Å². The summed E-state index contributed by atoms with van der Waals surface area (Å²) in [5.74, 6) is -1.11. The van der Waals surface area contributed by atoms with Gasteiger partial charge >= 0.3 is 5.97 Å². The molecule has 1 saturated heterocycles. The third-order valence-corrected chi connectivity index (χ3v) is 5.43. The largest absolute Gasteiger partial charge is 0.494 e. The fourth-order valence-corrected chi connectivity index (χ4v) is 3.88. The monoisotopic (exact) mass is 413 g/mol. The molecule has 0 unspecified atom stereocenters. The van der Waals surface area contributed by atoms with Crippen molar-refractivity contribution in [2.45, 2.75) is 11.7 Å². The number of amidine groups is 1. The number of hydrogen-bond donors (Lipinski definition) is 2. The maximum Gasteiger partial charge on any atom is 0.335 e. The van der Waals surface area contributed by atoms with Crippen LogP contribution in [0.2, 0.25) is 0 Å². The minimum Gasteiger partial charge on any atom is -0.494 e. The Morgan fingerprint density at radius 1 is 1.24 bits per heavy atom. The van der Waals surface area contributed by atoms with Gasteiger partial charge in [0.05, 0.1) is 12.7 Å². The van der Waals surface area contributed by atoms with Crippen LogP contribution in [0.3, 0.4) is 0 Å². The molecule has 29 heavy (non-hydrogen) atoms. The van der Waals surface area contributed by atoms with E-state index in [2.05, 4.69) is 10.3 Å². The Bertz CT molecular complexity index is 992. The second-order valence-electron chi connectivity index (χ2n) is 6.21. The fraction of sp³-hybridized carbons (Fsp3) is 0.200. The van der Waals surface area contributed by atoms with Crippen LogP contribution in [0.1, 0.15) is 16.8 Å². The van der Waals surface area contributed by atoms with E-state index in [0.717, 1.165) is 0 Å². The minimum absolute atomic E-state index is 0.0594. The van der Waals surface area contributed by atoms with Gasteiger partial charge in [-0.2, -0.15) is 0 Å². The molecule has 0 bridgehead atoms. The van der Waals surface area contributed by atoms with Gasteiger partial charge in [-0.05, 0) is 30.3 Å². The third kappa shape index (κ3) is 4.75. The van der Waals surface area contributed by atoms with Crippen LogP contribution < -0.4 is 10.1 Å². The molecule has 0 aliphatic carbocycles. The van der Waals surface area contributed by atoms with Crippen LogP contribution in [-0.2, 0) is 9.59 Å². The van der Waals surface area contributed by atoms with Crippen LogP contribution in [-0.4, -0.2) is 52.4 Å². The second kappa shape index (κ2) is 8.78. The first-order valence-corrected chi connectivity index (χ1v) is 9.56. The summed E-state index contributed by atoms with van der Waals surface area (Å²) in [6.45, 7) is 0. The Labute approximate surface area is 171 Å². The van der Waals surface area contributed by atoms with E-state index in [4.69, 9.17) is 9.84 Å². The summed E-state index contributed by atoms with van der Waals surface area (Å²) in [7, 11) is 3.15. The second-order valence-corrected chi connectivity index (χ2v) is 7.38. The first-order valence-electron chi connectivity index (χ1n) is 8.68. The van der Waals surface area contributed by atoms with Gasteiger partial charge in [0.15, 0.2) is 5.17 Å². The first-order chi connectivity index (χ1) is 13.9. The van der Waals surface area contributed by atoms with Crippen molar-refractivity contribution in [3.63, 3.8) is 0 Å². The molecule has 1 fully saturated rings. The van der Waals surface area contributed by atoms with Gasteiger partial charge in [0.1, 0.15) is 16.7 Å². The predicted molar refractivity (Wildman–Crippen MR) is 111 cm³/mol. The number of carboxylic acid groups (broad SMARTS) is 1. The molecule has 2 aromatic carbocycles. The summed E-state index contributed by atoms with van der Waals surface area (Å²) < 4.78 is 5.28. The molecule has 2 aromatic rings. The SMILES string of the molecule is COc1ccccc1N=C1S[C@@H](CC(=O)Nc2cccc(C(=O)O)c2)C(=O)N1C. The topological polar surface area (TPSA) is 108 Å². The average molecular weight is 413 g/mol. The Hall–Kier alpha value is -3.33. The molecule has 0 radical (unpaired) electrons. The molecule has 2 amide bonds. The number of anilines is 1. The van der Waals surface area contributed by atoms with Crippen molar-refractivity contribution >= 4 is 46.1 Å². The first kappa shape index (κ1) is 20.4. The minimum atomic E-state index is -1.08. The molecule has 9 heteroatoms. The van der Waals surface area contributed by atoms with E-state index < -0.39 is 11.2 Å². The number of ether oxygens (including phenoxy) is 1. The number of carbonyl (C=O) groups is 3. The molecule has 0 spiro atoms. The van der Waals surface area contributed by atoms with Gasteiger partial charge < -0.3 is 15.2 Å². The number of amides is 2. The number of para-hydroxylation sites is 2. The number of benzene rings is 2. The summed E-state index contributed by atoms with van der Waals surface area (Å²) in [5.41, 5.74) is 1.02. The number of nitrogens with zero attached hydrogens (tertiary/aromatic N) is 2. The lowest BCUT2D eigenvalue weighted by molar-refractivity contribution is -0.127. The lowest BCUT2D eigenvalue weighted by Gasteiger charge is -2.10. The zero-order valence-electron chi connectivity index (χ0n) is 15.8. The van der Waals surface area contributed by atoms with Gasteiger partial charge in [-0.15, -0.1) is 0 Å². The zero-order valence-corrected chi connectivity index (χ0v) is 16.6. The number of aliphatic imine (C=N–C) groups is 1. The summed E-state index contributed by atoms with van der Waals surface area (Å²) in [4.78, 5) is 41.8. The van der Waals surface area contributed by atoms with Crippen LogP contribution in [0.25, 0.3) is 0 Å². The molecule has 1 aliphatic rings. The van der Waals surface area contributed by atoms with E-state index in [1.54, 1.807) is 38.4 Å². The van der Waals surface area contributed by atoms with Crippen molar-refractivity contribution < 1.29 is 24.2 Å². The summed E-state index contributed by atoms with van der Waals surface area (Å²) in [6, 6.07) is 13.1. The van der Waals surface area contributed by atoms with Crippen molar-refractivity contribution in [1.29, 1.82) is 0 Å². The van der Waals surface area contributed by atoms with Gasteiger partial charge in [0.2, 0.25) is 11.8 Å². The number of methoxy groups -OCH3 is 1. The van der Waals surface area contributed by atoms with E-state index in [1.165, 1.54) is 28.8 Å². The molecule has 1 aliphatic heterocycles. The number of carboxylic acids is 1. The maximum absolute atomic E-state index is 12.5. The molecule has 2 N–H and O–H groups in total. The smallest absolute Gasteiger partial charge is 0.335 e. The van der Waals surface area contributed by atoms with Crippen molar-refractivity contribution in [3.05, 3.63) is 54.1 Å². The van der Waals surface area contributed by atoms with Gasteiger partial charge in [-0.25, -0.2) is 9.79 Å². The highest BCUT2D eigenvalue weighted by Gasteiger charge is 2.37. The Morgan fingerprint density at radius 2 is 2.00 bits per heavy atom. The molecule has 150 valence electrons. The normalized spacial score (nSPS) is 17.4. The van der Waals surface area contributed by atoms with Crippen molar-refractivity contribution in [2.75, 3.05) is 19.5 Å². The van der Waals surface area contributed by atoms with Crippen molar-refractivity contribution in [3.8, 4) is 5.75 Å². The zero-order chi connectivity index (χ0) is 21.0. The van der Waals surface area contributed by atoms with E-state index in [0.29, 0.717) is 22.3 Å². The predicted octanol–water partition coefficient (Wildman–Crippen LogP) is 2.98. The number of aromatic carboxylic acids is 1. The summed E-state index contributed by atoms with van der Waals surface area (Å²) in [5, 5.41) is 11.5. The van der Waals surface area contributed by atoms with E-state index in [-0.39, 0.29) is 23.8 Å². The fourth-order valence-electron chi connectivity index (χ4n) is 2.73. The molecule has 0 aromatic heterocycles. The molecular weight excluding hydrogens is 394 g/mol. The van der Waals surface area contributed by atoms with Crippen LogP contribution in [0.5, 0.6) is 5.75 Å². The molecule has 0 saturated carbocycles. The maximum atomic E-state index is 12.5. The van der Waals surface area contributed by atoms with Crippen molar-refractivity contribution in [1.82, 2.24) is 4.90 Å². The standard InChI is InChI=1S/C20H19N3O5S/c1-23-18(25)16(29-20(23)22-14-8-3-4-9-15(14)28-2)11-17(24)21-13-7-5-6-12(10-13)19(26)27/h3-10,16H,11H2,1-2H3,(H,21,24)(H,26,27)/t16-/m0/s1. The van der Waals surface area contributed by atoms with Crippen LogP contribution in [0.15, 0.2) is 53.5 Å². The number of carbonyl (C=O) groups excluding carboxylic acids is 2. The summed E-state index contributed by atoms with van der Waals surface area (Å²) in [6.07, 6.45) is -0.0594. The highest BCUT2D eigenvalue weighted by molar-refractivity contribution is 8.15. The lowest BCUT2D eigenvalue weighted by Crippen LogP contribution is -2.30. The van der Waals surface area contributed by atoms with Gasteiger partial charge in [-0.3, -0.25) is 14.5 Å². The quantitative estimate of drug-likeness (QED) is 0.754. The van der Waals surface area contributed by atoms with E-state index in [9.17, 15) is 14.4 Å². The van der Waals surface area contributed by atoms with Gasteiger partial charge in [-0.1, -0.05) is 30.0 Å². The van der Waals surface area contributed by atoms with Crippen LogP contribution in [0, 0.1) is 0 Å².